The third kappa shape index (κ3) is 4.75. The van der Waals surface area contributed by atoms with E-state index in [1.54, 1.807) is 0 Å². The van der Waals surface area contributed by atoms with Gasteiger partial charge in [-0.15, -0.1) is 17.6 Å². The van der Waals surface area contributed by atoms with Crippen LogP contribution in [0.1, 0.15) is 0 Å². The van der Waals surface area contributed by atoms with Gasteiger partial charge in [0.2, 0.25) is 0 Å². The zero-order valence-electron chi connectivity index (χ0n) is 8.86. The third-order valence-corrected chi connectivity index (χ3v) is 3.66. The topological polar surface area (TPSA) is 60.2 Å². The van der Waals surface area contributed by atoms with Crippen LogP contribution in [-0.4, -0.2) is 32.0 Å². The first-order chi connectivity index (χ1) is 8.05. The SMILES string of the molecule is [Li+].[O-][S+]([N-][S+]([O-])C(F)(F)C(F)(F)F)C(F)(F)C(F)(F)F. The van der Waals surface area contributed by atoms with E-state index in [-0.39, 0.29) is 18.9 Å². The summed E-state index contributed by atoms with van der Waals surface area (Å²) < 4.78 is 140. The molecule has 0 aliphatic heterocycles. The standard InChI is InChI=1S/C4F10NO2S2.Li/c5-1(6,7)3(11,12)18(16)15-19(17)4(13,14)2(8,9)10;/q-1;+1. The third-order valence-electron chi connectivity index (χ3n) is 1.23. The molecule has 0 aromatic rings. The summed E-state index contributed by atoms with van der Waals surface area (Å²) in [6.07, 6.45) is -13.1. The van der Waals surface area contributed by atoms with Gasteiger partial charge in [0.05, 0.1) is 0 Å². The maximum absolute atomic E-state index is 12.2. The van der Waals surface area contributed by atoms with Crippen molar-refractivity contribution in [3.63, 3.8) is 0 Å². The predicted octanol–water partition coefficient (Wildman–Crippen LogP) is 0.00170. The fourth-order valence-corrected chi connectivity index (χ4v) is 1.99. The average Bonchev–Trinajstić information content (AvgIpc) is 2.13. The van der Waals surface area contributed by atoms with Crippen LogP contribution in [0.5, 0.6) is 0 Å². The molecule has 0 spiro atoms. The first-order valence-electron chi connectivity index (χ1n) is 3.50. The second kappa shape index (κ2) is 6.71. The van der Waals surface area contributed by atoms with Crippen LogP contribution >= 0.6 is 0 Å². The van der Waals surface area contributed by atoms with Gasteiger partial charge in [-0.1, -0.05) is 0 Å². The van der Waals surface area contributed by atoms with E-state index in [0.717, 1.165) is 4.13 Å². The molecule has 116 valence electrons. The number of hydrogen-bond acceptors (Lipinski definition) is 2. The van der Waals surface area contributed by atoms with Crippen molar-refractivity contribution < 1.29 is 71.9 Å². The molecule has 0 amide bonds. The van der Waals surface area contributed by atoms with Crippen molar-refractivity contribution >= 4 is 22.7 Å². The van der Waals surface area contributed by atoms with Crippen molar-refractivity contribution in [3.05, 3.63) is 4.13 Å². The summed E-state index contributed by atoms with van der Waals surface area (Å²) >= 11 is -9.85. The Kier molecular flexibility index (Phi) is 7.64. The Bertz CT molecular complexity index is 291. The summed E-state index contributed by atoms with van der Waals surface area (Å²) in [5.41, 5.74) is 0. The van der Waals surface area contributed by atoms with E-state index < -0.39 is 45.6 Å². The van der Waals surface area contributed by atoms with Gasteiger partial charge in [0.15, 0.2) is 0 Å². The minimum atomic E-state index is -6.53. The van der Waals surface area contributed by atoms with E-state index >= 15 is 0 Å². The molecule has 0 aliphatic carbocycles. The largest absolute Gasteiger partial charge is 1.00 e. The molecule has 0 saturated heterocycles. The molecule has 2 unspecified atom stereocenters. The van der Waals surface area contributed by atoms with Crippen LogP contribution in [0, 0.1) is 0 Å². The maximum atomic E-state index is 12.2. The van der Waals surface area contributed by atoms with Crippen molar-refractivity contribution in [2.75, 3.05) is 0 Å². The fourth-order valence-electron chi connectivity index (χ4n) is 0.353. The minimum absolute atomic E-state index is 0. The first kappa shape index (κ1) is 22.8. The van der Waals surface area contributed by atoms with Gasteiger partial charge < -0.3 is 9.11 Å². The Balaban J connectivity index is 0. The van der Waals surface area contributed by atoms with Crippen molar-refractivity contribution in [1.29, 1.82) is 0 Å². The minimum Gasteiger partial charge on any atom is -0.620 e. The number of rotatable bonds is 4. The molecule has 0 rings (SSSR count). The number of alkyl halides is 10. The summed E-state index contributed by atoms with van der Waals surface area (Å²) in [5, 5.41) is -12.4. The van der Waals surface area contributed by atoms with Crippen molar-refractivity contribution in [2.45, 2.75) is 22.9 Å². The molecule has 2 atom stereocenters. The monoisotopic (exact) mass is 355 g/mol. The normalized spacial score (nSPS) is 17.4. The molecule has 20 heavy (non-hydrogen) atoms. The maximum Gasteiger partial charge on any atom is 1.00 e. The van der Waals surface area contributed by atoms with Crippen LogP contribution in [0.15, 0.2) is 0 Å². The molecular weight excluding hydrogens is 355 g/mol. The van der Waals surface area contributed by atoms with E-state index in [1.807, 2.05) is 0 Å². The number of halogens is 10. The zero-order chi connectivity index (χ0) is 15.9. The Morgan fingerprint density at radius 1 is 0.600 bits per heavy atom. The smallest absolute Gasteiger partial charge is 0.620 e. The quantitative estimate of drug-likeness (QED) is 0.405. The summed E-state index contributed by atoms with van der Waals surface area (Å²) in [4.78, 5) is 0. The zero-order valence-corrected chi connectivity index (χ0v) is 10.5. The number of hydrogen-bond donors (Lipinski definition) is 0. The summed E-state index contributed by atoms with van der Waals surface area (Å²) in [6, 6.07) is 0. The van der Waals surface area contributed by atoms with Gasteiger partial charge in [0.25, 0.3) is 0 Å². The molecule has 0 saturated carbocycles. The van der Waals surface area contributed by atoms with Gasteiger partial charge in [0.1, 0.15) is 0 Å². The van der Waals surface area contributed by atoms with Gasteiger partial charge in [0, 0.05) is 0 Å². The van der Waals surface area contributed by atoms with E-state index in [1.165, 1.54) is 0 Å². The van der Waals surface area contributed by atoms with E-state index in [4.69, 9.17) is 0 Å². The molecule has 16 heteroatoms. The molecule has 0 aliphatic rings. The Hall–Kier alpha value is 0.477. The fraction of sp³-hybridized carbons (Fsp3) is 1.00. The average molecular weight is 355 g/mol. The van der Waals surface area contributed by atoms with E-state index in [2.05, 4.69) is 0 Å². The van der Waals surface area contributed by atoms with Crippen molar-refractivity contribution in [1.82, 2.24) is 0 Å². The molecule has 0 fully saturated rings. The molecule has 0 aromatic heterocycles. The predicted molar refractivity (Wildman–Crippen MR) is 41.6 cm³/mol. The molecule has 3 nitrogen and oxygen atoms in total. The van der Waals surface area contributed by atoms with Crippen LogP contribution in [0.2, 0.25) is 0 Å². The van der Waals surface area contributed by atoms with Crippen LogP contribution in [0.3, 0.4) is 0 Å². The molecular formula is C4F10LiNO2S2. The van der Waals surface area contributed by atoms with E-state index in [9.17, 15) is 53.0 Å². The van der Waals surface area contributed by atoms with Gasteiger partial charge in [-0.05, 0) is 22.7 Å². The van der Waals surface area contributed by atoms with Gasteiger partial charge in [-0.3, -0.25) is 0 Å². The number of nitrogens with zero attached hydrogens (tertiary/aromatic N) is 1. The van der Waals surface area contributed by atoms with E-state index in [0.29, 0.717) is 0 Å². The van der Waals surface area contributed by atoms with Crippen LogP contribution in [0.4, 0.5) is 43.9 Å². The molecule has 0 bridgehead atoms. The Labute approximate surface area is 122 Å². The van der Waals surface area contributed by atoms with Crippen molar-refractivity contribution in [2.24, 2.45) is 0 Å². The van der Waals surface area contributed by atoms with Gasteiger partial charge in [-0.2, -0.15) is 30.5 Å². The Morgan fingerprint density at radius 3 is 0.950 bits per heavy atom. The summed E-state index contributed by atoms with van der Waals surface area (Å²) in [7, 11) is 0. The second-order valence-corrected chi connectivity index (χ2v) is 5.22. The summed E-state index contributed by atoms with van der Waals surface area (Å²) in [5.74, 6) is 0. The van der Waals surface area contributed by atoms with Gasteiger partial charge >= 0.3 is 41.7 Å². The van der Waals surface area contributed by atoms with Crippen LogP contribution in [0.25, 0.3) is 4.13 Å². The first-order valence-corrected chi connectivity index (χ1v) is 5.71. The molecule has 0 N–H and O–H groups in total. The second-order valence-electron chi connectivity index (χ2n) is 2.60. The van der Waals surface area contributed by atoms with Crippen LogP contribution < -0.4 is 18.9 Å². The van der Waals surface area contributed by atoms with Gasteiger partial charge in [-0.25, -0.2) is 0 Å². The Morgan fingerprint density at radius 2 is 0.800 bits per heavy atom. The summed E-state index contributed by atoms with van der Waals surface area (Å²) in [6.45, 7) is 0. The van der Waals surface area contributed by atoms with Crippen LogP contribution in [-0.2, 0) is 22.7 Å². The molecule has 0 heterocycles. The van der Waals surface area contributed by atoms with Crippen molar-refractivity contribution in [3.8, 4) is 0 Å². The molecule has 0 radical (unpaired) electrons. The molecule has 0 aromatic carbocycles.